The van der Waals surface area contributed by atoms with Crippen LogP contribution in [0.15, 0.2) is 54.6 Å². The Hall–Kier alpha value is -1.28. The van der Waals surface area contributed by atoms with Crippen LogP contribution in [0, 0.1) is 0 Å². The molecule has 0 aliphatic rings. The summed E-state index contributed by atoms with van der Waals surface area (Å²) in [5.41, 5.74) is 0.702. The van der Waals surface area contributed by atoms with Gasteiger partial charge in [0.25, 0.3) is 0 Å². The zero-order valence-electron chi connectivity index (χ0n) is 9.84. The second-order valence-electron chi connectivity index (χ2n) is 3.69. The van der Waals surface area contributed by atoms with Crippen molar-refractivity contribution in [1.29, 1.82) is 0 Å². The van der Waals surface area contributed by atoms with Crippen molar-refractivity contribution in [2.45, 2.75) is 0 Å². The van der Waals surface area contributed by atoms with Crippen molar-refractivity contribution >= 4 is 30.1 Å². The summed E-state index contributed by atoms with van der Waals surface area (Å²) in [6.07, 6.45) is 0. The van der Waals surface area contributed by atoms with Crippen LogP contribution in [0.4, 0.5) is 5.69 Å². The first-order valence-electron chi connectivity index (χ1n) is 5.39. The smallest absolute Gasteiger partial charge is 0.314 e. The van der Waals surface area contributed by atoms with Crippen LogP contribution in [0.2, 0.25) is 5.02 Å². The fraction of sp³-hybridized carbons (Fsp3) is 0.0769. The summed E-state index contributed by atoms with van der Waals surface area (Å²) in [7, 11) is -1.66. The van der Waals surface area contributed by atoms with E-state index < -0.39 is 7.52 Å². The summed E-state index contributed by atoms with van der Waals surface area (Å²) in [4.78, 5) is 0. The summed E-state index contributed by atoms with van der Waals surface area (Å²) < 4.78 is 17.8. The quantitative estimate of drug-likeness (QED) is 0.863. The van der Waals surface area contributed by atoms with Crippen molar-refractivity contribution < 1.29 is 9.09 Å². The highest BCUT2D eigenvalue weighted by atomic mass is 35.5. The summed E-state index contributed by atoms with van der Waals surface area (Å²) in [6.45, 7) is 0. The third kappa shape index (κ3) is 2.94. The van der Waals surface area contributed by atoms with E-state index in [1.165, 1.54) is 7.11 Å². The summed E-state index contributed by atoms with van der Waals surface area (Å²) >= 11 is 5.81. The van der Waals surface area contributed by atoms with E-state index in [0.29, 0.717) is 16.0 Å². The summed E-state index contributed by atoms with van der Waals surface area (Å²) in [5, 5.41) is 4.18. The molecule has 1 atom stereocenters. The van der Waals surface area contributed by atoms with Crippen LogP contribution in [0.5, 0.6) is 0 Å². The highest BCUT2D eigenvalue weighted by molar-refractivity contribution is 7.68. The first-order valence-corrected chi connectivity index (χ1v) is 7.39. The molecule has 2 aromatic carbocycles. The van der Waals surface area contributed by atoms with Gasteiger partial charge in [-0.05, 0) is 36.4 Å². The molecule has 0 amide bonds. The molecule has 0 heterocycles. The van der Waals surface area contributed by atoms with E-state index in [1.807, 2.05) is 18.2 Å². The fourth-order valence-corrected chi connectivity index (χ4v) is 3.15. The maximum atomic E-state index is 12.7. The lowest BCUT2D eigenvalue weighted by Gasteiger charge is -2.18. The zero-order chi connectivity index (χ0) is 13.0. The van der Waals surface area contributed by atoms with Crippen molar-refractivity contribution in [3.05, 3.63) is 59.6 Å². The Kier molecular flexibility index (Phi) is 4.07. The fourth-order valence-electron chi connectivity index (χ4n) is 1.53. The van der Waals surface area contributed by atoms with Crippen LogP contribution in [0.3, 0.4) is 0 Å². The lowest BCUT2D eigenvalue weighted by molar-refractivity contribution is 0.408. The molecular weight excluding hydrogens is 269 g/mol. The number of anilines is 1. The normalized spacial score (nSPS) is 13.9. The van der Waals surface area contributed by atoms with Crippen LogP contribution in [-0.4, -0.2) is 7.11 Å². The van der Waals surface area contributed by atoms with Crippen molar-refractivity contribution in [2.24, 2.45) is 0 Å². The van der Waals surface area contributed by atoms with Gasteiger partial charge in [-0.25, -0.2) is 0 Å². The van der Waals surface area contributed by atoms with Gasteiger partial charge >= 0.3 is 7.52 Å². The van der Waals surface area contributed by atoms with Gasteiger partial charge in [0.05, 0.1) is 5.30 Å². The molecule has 0 saturated heterocycles. The number of hydrogen-bond donors (Lipinski definition) is 1. The van der Waals surface area contributed by atoms with E-state index >= 15 is 0 Å². The molecule has 0 fully saturated rings. The van der Waals surface area contributed by atoms with E-state index in [9.17, 15) is 4.57 Å². The minimum Gasteiger partial charge on any atom is -0.314 e. The molecule has 3 nitrogen and oxygen atoms in total. The van der Waals surface area contributed by atoms with Gasteiger partial charge in [-0.15, -0.1) is 0 Å². The molecule has 1 unspecified atom stereocenters. The molecule has 0 aliphatic carbocycles. The number of halogens is 1. The third-order valence-corrected chi connectivity index (χ3v) is 4.77. The van der Waals surface area contributed by atoms with Crippen LogP contribution >= 0.6 is 19.1 Å². The molecule has 0 aromatic heterocycles. The Morgan fingerprint density at radius 1 is 1.06 bits per heavy atom. The first kappa shape index (κ1) is 13.2. The Labute approximate surface area is 111 Å². The molecule has 94 valence electrons. The lowest BCUT2D eigenvalue weighted by Crippen LogP contribution is -2.12. The van der Waals surface area contributed by atoms with Gasteiger partial charge in [0.1, 0.15) is 0 Å². The number of nitrogens with one attached hydrogen (secondary N) is 1. The van der Waals surface area contributed by atoms with E-state index in [-0.39, 0.29) is 0 Å². The van der Waals surface area contributed by atoms with Gasteiger partial charge in [0, 0.05) is 17.8 Å². The van der Waals surface area contributed by atoms with Crippen LogP contribution in [0.1, 0.15) is 0 Å². The first-order chi connectivity index (χ1) is 8.64. The van der Waals surface area contributed by atoms with E-state index in [0.717, 1.165) is 0 Å². The molecule has 5 heteroatoms. The minimum atomic E-state index is -3.08. The Morgan fingerprint density at radius 3 is 2.22 bits per heavy atom. The highest BCUT2D eigenvalue weighted by Crippen LogP contribution is 2.44. The van der Waals surface area contributed by atoms with Crippen LogP contribution in [-0.2, 0) is 9.09 Å². The topological polar surface area (TPSA) is 38.3 Å². The number of benzene rings is 2. The predicted molar refractivity (Wildman–Crippen MR) is 75.8 cm³/mol. The van der Waals surface area contributed by atoms with Crippen molar-refractivity contribution in [2.75, 3.05) is 12.2 Å². The largest absolute Gasteiger partial charge is 0.323 e. The standard InChI is InChI=1S/C13H13ClNO2P/c1-17-18(16,13-5-3-2-4-6-13)15-12-9-7-11(14)8-10-12/h2-10H,1H3,(H,15,16). The molecule has 0 aliphatic heterocycles. The minimum absolute atomic E-state index is 0.627. The SMILES string of the molecule is COP(=O)(Nc1ccc(Cl)cc1)c1ccccc1. The molecule has 1 N–H and O–H groups in total. The Balaban J connectivity index is 2.29. The van der Waals surface area contributed by atoms with Gasteiger partial charge in [0.15, 0.2) is 0 Å². The average Bonchev–Trinajstić information content (AvgIpc) is 2.42. The van der Waals surface area contributed by atoms with Gasteiger partial charge < -0.3 is 9.61 Å². The van der Waals surface area contributed by atoms with Crippen LogP contribution in [0.25, 0.3) is 0 Å². The molecule has 2 aromatic rings. The number of hydrogen-bond acceptors (Lipinski definition) is 2. The van der Waals surface area contributed by atoms with Crippen molar-refractivity contribution in [1.82, 2.24) is 0 Å². The van der Waals surface area contributed by atoms with Crippen molar-refractivity contribution in [3.63, 3.8) is 0 Å². The van der Waals surface area contributed by atoms with Gasteiger partial charge in [-0.1, -0.05) is 29.8 Å². The van der Waals surface area contributed by atoms with Gasteiger partial charge in [0.2, 0.25) is 0 Å². The van der Waals surface area contributed by atoms with E-state index in [2.05, 4.69) is 5.09 Å². The zero-order valence-corrected chi connectivity index (χ0v) is 11.5. The van der Waals surface area contributed by atoms with Crippen LogP contribution < -0.4 is 10.4 Å². The van der Waals surface area contributed by atoms with E-state index in [4.69, 9.17) is 16.1 Å². The molecule has 0 bridgehead atoms. The van der Waals surface area contributed by atoms with Gasteiger partial charge in [-0.3, -0.25) is 4.57 Å². The molecule has 0 spiro atoms. The summed E-state index contributed by atoms with van der Waals surface area (Å²) in [5.74, 6) is 0. The van der Waals surface area contributed by atoms with Gasteiger partial charge in [-0.2, -0.15) is 0 Å². The average molecular weight is 282 g/mol. The maximum absolute atomic E-state index is 12.7. The maximum Gasteiger partial charge on any atom is 0.323 e. The Morgan fingerprint density at radius 2 is 1.67 bits per heavy atom. The van der Waals surface area contributed by atoms with E-state index in [1.54, 1.807) is 36.4 Å². The molecular formula is C13H13ClNO2P. The highest BCUT2D eigenvalue weighted by Gasteiger charge is 2.23. The monoisotopic (exact) mass is 281 g/mol. The molecule has 2 rings (SSSR count). The summed E-state index contributed by atoms with van der Waals surface area (Å²) in [6, 6.07) is 16.0. The molecule has 18 heavy (non-hydrogen) atoms. The molecule has 0 radical (unpaired) electrons. The number of rotatable bonds is 4. The Bertz CT molecular complexity index is 557. The third-order valence-electron chi connectivity index (χ3n) is 2.47. The molecule has 0 saturated carbocycles. The predicted octanol–water partition coefficient (Wildman–Crippen LogP) is 3.92. The van der Waals surface area contributed by atoms with Crippen molar-refractivity contribution in [3.8, 4) is 0 Å². The second-order valence-corrected chi connectivity index (χ2v) is 6.33. The lowest BCUT2D eigenvalue weighted by atomic mass is 10.3. The second kappa shape index (κ2) is 5.57.